The zero-order chi connectivity index (χ0) is 13.0. The summed E-state index contributed by atoms with van der Waals surface area (Å²) in [6.07, 6.45) is 0. The van der Waals surface area contributed by atoms with Gasteiger partial charge in [0.05, 0.1) is 0 Å². The maximum absolute atomic E-state index is 10.7. The van der Waals surface area contributed by atoms with E-state index in [1.165, 1.54) is 10.9 Å². The van der Waals surface area contributed by atoms with E-state index in [9.17, 15) is 13.2 Å². The van der Waals surface area contributed by atoms with Gasteiger partial charge in [-0.2, -0.15) is 21.6 Å². The highest BCUT2D eigenvalue weighted by molar-refractivity contribution is 7.86. The van der Waals surface area contributed by atoms with Crippen molar-refractivity contribution in [3.63, 3.8) is 0 Å². The molecule has 0 aliphatic carbocycles. The van der Waals surface area contributed by atoms with E-state index in [0.29, 0.717) is 0 Å². The van der Waals surface area contributed by atoms with Gasteiger partial charge in [0.2, 0.25) is 0 Å². The fourth-order valence-electron chi connectivity index (χ4n) is 0.566. The molecular weight excluding hydrogens is 264 g/mol. The molecule has 1 aromatic rings. The molecule has 0 aromatic heterocycles. The van der Waals surface area contributed by atoms with E-state index in [4.69, 9.17) is 13.0 Å². The molecule has 1 N–H and O–H groups in total. The van der Waals surface area contributed by atoms with Crippen molar-refractivity contribution in [3.05, 3.63) is 29.8 Å². The van der Waals surface area contributed by atoms with Crippen molar-refractivity contribution in [1.82, 2.24) is 0 Å². The first kappa shape index (κ1) is 15.3. The summed E-state index contributed by atoms with van der Waals surface area (Å²) in [5.41, 5.74) is -4.22. The molecule has 3 nitrogen and oxygen atoms in total. The number of hydrogen-bond donors (Lipinski definition) is 1. The Bertz CT molecular complexity index is 404. The van der Waals surface area contributed by atoms with E-state index in [2.05, 4.69) is 40.4 Å². The lowest BCUT2D eigenvalue weighted by Gasteiger charge is -1.97. The van der Waals surface area contributed by atoms with Crippen molar-refractivity contribution >= 4 is 24.7 Å². The third-order valence-corrected chi connectivity index (χ3v) is 2.34. The van der Waals surface area contributed by atoms with Crippen molar-refractivity contribution in [1.29, 1.82) is 0 Å². The van der Waals surface area contributed by atoms with Crippen LogP contribution in [0.5, 0.6) is 0 Å². The Balaban J connectivity index is 0.000000281. The molecule has 0 radical (unpaired) electrons. The minimum Gasteiger partial charge on any atom is -0.279 e. The molecule has 1 aromatic carbocycles. The largest absolute Gasteiger partial charge is 0.522 e. The minimum absolute atomic E-state index is 1.25. The molecule has 1 rings (SSSR count). The Morgan fingerprint density at radius 1 is 1.19 bits per heavy atom. The van der Waals surface area contributed by atoms with Gasteiger partial charge in [-0.3, -0.25) is 4.55 Å². The molecule has 0 aliphatic rings. The maximum atomic E-state index is 10.7. The number of alkyl halides is 3. The van der Waals surface area contributed by atoms with Gasteiger partial charge in [-0.25, -0.2) is 0 Å². The zero-order valence-electron chi connectivity index (χ0n) is 8.19. The molecule has 1 atom stereocenters. The summed E-state index contributed by atoms with van der Waals surface area (Å²) < 4.78 is 57.5. The molecule has 8 heteroatoms. The van der Waals surface area contributed by atoms with Gasteiger partial charge in [0.15, 0.2) is 0 Å². The lowest BCUT2D eigenvalue weighted by Crippen LogP contribution is -2.21. The second kappa shape index (κ2) is 5.61. The molecule has 0 saturated heterocycles. The summed E-state index contributed by atoms with van der Waals surface area (Å²) in [5.74, 6) is 0. The Hall–Kier alpha value is -0.650. The van der Waals surface area contributed by atoms with Crippen LogP contribution < -0.4 is 5.30 Å². The summed E-state index contributed by atoms with van der Waals surface area (Å²) in [5, 5.41) is 1.25. The standard InChI is InChI=1S/C7H9P.CHF3O3S/c1-6-2-4-7(8)5-3-6;2-1(3,4)8(5,6)7/h2-5H,8H2,1H3;(H,5,6,7). The first-order valence-electron chi connectivity index (χ1n) is 3.90. The van der Waals surface area contributed by atoms with Crippen LogP contribution in [0.25, 0.3) is 0 Å². The van der Waals surface area contributed by atoms with Gasteiger partial charge in [-0.1, -0.05) is 29.8 Å². The van der Waals surface area contributed by atoms with E-state index in [0.717, 1.165) is 0 Å². The summed E-state index contributed by atoms with van der Waals surface area (Å²) in [6.45, 7) is 2.09. The normalized spacial score (nSPS) is 11.6. The molecule has 0 amide bonds. The van der Waals surface area contributed by atoms with Crippen molar-refractivity contribution < 1.29 is 26.1 Å². The predicted molar refractivity (Wildman–Crippen MR) is 58.1 cm³/mol. The highest BCUT2D eigenvalue weighted by atomic mass is 32.2. The van der Waals surface area contributed by atoms with Crippen LogP contribution in [-0.4, -0.2) is 18.5 Å². The van der Waals surface area contributed by atoms with Gasteiger partial charge < -0.3 is 0 Å². The smallest absolute Gasteiger partial charge is 0.279 e. The van der Waals surface area contributed by atoms with E-state index in [-0.39, 0.29) is 0 Å². The number of hydrogen-bond acceptors (Lipinski definition) is 2. The Morgan fingerprint density at radius 2 is 1.50 bits per heavy atom. The lowest BCUT2D eigenvalue weighted by atomic mass is 10.2. The van der Waals surface area contributed by atoms with Crippen LogP contribution >= 0.6 is 9.24 Å². The Kier molecular flexibility index (Phi) is 5.38. The summed E-state index contributed by atoms with van der Waals surface area (Å²) in [6, 6.07) is 8.37. The van der Waals surface area contributed by atoms with Crippen LogP contribution in [0, 0.1) is 6.92 Å². The quantitative estimate of drug-likeness (QED) is 0.446. The van der Waals surface area contributed by atoms with Crippen LogP contribution in [0.3, 0.4) is 0 Å². The van der Waals surface area contributed by atoms with Gasteiger partial charge in [-0.05, 0) is 12.2 Å². The van der Waals surface area contributed by atoms with Gasteiger partial charge in [0.1, 0.15) is 0 Å². The van der Waals surface area contributed by atoms with Crippen LogP contribution in [0.2, 0.25) is 0 Å². The van der Waals surface area contributed by atoms with Crippen molar-refractivity contribution in [2.75, 3.05) is 0 Å². The van der Waals surface area contributed by atoms with Crippen molar-refractivity contribution in [2.45, 2.75) is 12.4 Å². The first-order valence-corrected chi connectivity index (χ1v) is 5.91. The molecule has 92 valence electrons. The minimum atomic E-state index is -5.84. The molecule has 0 bridgehead atoms. The Morgan fingerprint density at radius 3 is 1.69 bits per heavy atom. The highest BCUT2D eigenvalue weighted by Gasteiger charge is 2.44. The zero-order valence-corrected chi connectivity index (χ0v) is 10.2. The SMILES string of the molecule is Cc1ccc(P)cc1.O=S(=O)(O)C(F)(F)F. The van der Waals surface area contributed by atoms with Crippen LogP contribution in [0.1, 0.15) is 5.56 Å². The molecule has 0 spiro atoms. The summed E-state index contributed by atoms with van der Waals surface area (Å²) in [4.78, 5) is 0. The fourth-order valence-corrected chi connectivity index (χ4v) is 0.759. The Labute approximate surface area is 93.6 Å². The molecule has 0 saturated carbocycles. The van der Waals surface area contributed by atoms with Crippen LogP contribution in [0.15, 0.2) is 24.3 Å². The monoisotopic (exact) mass is 274 g/mol. The van der Waals surface area contributed by atoms with Crippen LogP contribution in [-0.2, 0) is 10.1 Å². The van der Waals surface area contributed by atoms with Gasteiger partial charge >= 0.3 is 15.6 Å². The molecule has 0 heterocycles. The third kappa shape index (κ3) is 6.05. The van der Waals surface area contributed by atoms with E-state index in [1.54, 1.807) is 0 Å². The number of halogens is 3. The van der Waals surface area contributed by atoms with E-state index in [1.807, 2.05) is 0 Å². The second-order valence-electron chi connectivity index (χ2n) is 2.83. The number of rotatable bonds is 0. The average Bonchev–Trinajstić information content (AvgIpc) is 2.08. The van der Waals surface area contributed by atoms with Gasteiger partial charge in [0, 0.05) is 0 Å². The van der Waals surface area contributed by atoms with E-state index >= 15 is 0 Å². The molecule has 16 heavy (non-hydrogen) atoms. The van der Waals surface area contributed by atoms with Gasteiger partial charge in [-0.15, -0.1) is 9.24 Å². The van der Waals surface area contributed by atoms with Gasteiger partial charge in [0.25, 0.3) is 0 Å². The summed E-state index contributed by atoms with van der Waals surface area (Å²) in [7, 11) is -3.19. The molecular formula is C8H10F3O3PS. The second-order valence-corrected chi connectivity index (χ2v) is 4.91. The first-order chi connectivity index (χ1) is 7.04. The highest BCUT2D eigenvalue weighted by Crippen LogP contribution is 2.20. The summed E-state index contributed by atoms with van der Waals surface area (Å²) >= 11 is 0. The van der Waals surface area contributed by atoms with E-state index < -0.39 is 15.6 Å². The topological polar surface area (TPSA) is 54.4 Å². The molecule has 0 aliphatic heterocycles. The van der Waals surface area contributed by atoms with Crippen molar-refractivity contribution in [2.24, 2.45) is 0 Å². The number of benzene rings is 1. The number of aryl methyl sites for hydroxylation is 1. The van der Waals surface area contributed by atoms with Crippen LogP contribution in [0.4, 0.5) is 13.2 Å². The maximum Gasteiger partial charge on any atom is 0.522 e. The molecule has 0 fully saturated rings. The third-order valence-electron chi connectivity index (χ3n) is 1.37. The molecule has 1 unspecified atom stereocenters. The lowest BCUT2D eigenvalue weighted by molar-refractivity contribution is -0.0510. The average molecular weight is 274 g/mol. The van der Waals surface area contributed by atoms with Crippen molar-refractivity contribution in [3.8, 4) is 0 Å². The predicted octanol–water partition coefficient (Wildman–Crippen LogP) is 1.89. The fraction of sp³-hybridized carbons (Fsp3) is 0.250.